The van der Waals surface area contributed by atoms with Gasteiger partial charge >= 0.3 is 6.03 Å². The molecule has 0 aromatic heterocycles. The Morgan fingerprint density at radius 3 is 2.23 bits per heavy atom. The Labute approximate surface area is 127 Å². The summed E-state index contributed by atoms with van der Waals surface area (Å²) in [4.78, 5) is 28.1. The Hall–Kier alpha value is -2.12. The number of urea groups is 1. The third-order valence-corrected chi connectivity index (χ3v) is 4.09. The summed E-state index contributed by atoms with van der Waals surface area (Å²) in [5, 5.41) is 9.41. The van der Waals surface area contributed by atoms with Gasteiger partial charge in [-0.05, 0) is 17.7 Å². The van der Waals surface area contributed by atoms with Gasteiger partial charge < -0.3 is 19.5 Å². The number of epoxide rings is 2. The summed E-state index contributed by atoms with van der Waals surface area (Å²) in [7, 11) is 0. The minimum Gasteiger partial charge on any atom is -0.508 e. The molecule has 7 nitrogen and oxygen atoms in total. The smallest absolute Gasteiger partial charge is 0.327 e. The number of hydrogen-bond acceptors (Lipinski definition) is 5. The second-order valence-electron chi connectivity index (χ2n) is 5.79. The third-order valence-electron chi connectivity index (χ3n) is 4.09. The van der Waals surface area contributed by atoms with E-state index in [0.29, 0.717) is 31.9 Å². The van der Waals surface area contributed by atoms with Gasteiger partial charge in [0.05, 0.1) is 38.5 Å². The summed E-state index contributed by atoms with van der Waals surface area (Å²) in [6.45, 7) is 1.91. The Kier molecular flexibility index (Phi) is 3.05. The molecule has 1 aromatic carbocycles. The summed E-state index contributed by atoms with van der Waals surface area (Å²) < 4.78 is 10.3. The molecule has 0 bridgehead atoms. The van der Waals surface area contributed by atoms with Crippen molar-refractivity contribution < 1.29 is 24.2 Å². The molecule has 3 saturated heterocycles. The fraction of sp³-hybridized carbons (Fsp3) is 0.467. The predicted octanol–water partition coefficient (Wildman–Crippen LogP) is 0.495. The second kappa shape index (κ2) is 4.96. The van der Waals surface area contributed by atoms with Gasteiger partial charge in [-0.15, -0.1) is 0 Å². The number of benzene rings is 1. The summed E-state index contributed by atoms with van der Waals surface area (Å²) in [6, 6.07) is 5.42. The predicted molar refractivity (Wildman–Crippen MR) is 74.1 cm³/mol. The van der Waals surface area contributed by atoms with Crippen LogP contribution in [0.15, 0.2) is 24.3 Å². The number of hydrogen-bond donors (Lipinski definition) is 1. The van der Waals surface area contributed by atoms with E-state index in [1.807, 2.05) is 0 Å². The van der Waals surface area contributed by atoms with E-state index in [-0.39, 0.29) is 29.9 Å². The van der Waals surface area contributed by atoms with Crippen LogP contribution in [0.5, 0.6) is 5.75 Å². The van der Waals surface area contributed by atoms with E-state index in [4.69, 9.17) is 9.47 Å². The summed E-state index contributed by atoms with van der Waals surface area (Å²) in [6.07, 6.45) is -0.0287. The molecular formula is C15H16N2O5. The molecule has 7 heteroatoms. The maximum atomic E-state index is 12.7. The van der Waals surface area contributed by atoms with Crippen molar-refractivity contribution in [1.29, 1.82) is 0 Å². The molecule has 3 fully saturated rings. The minimum atomic E-state index is -0.656. The highest BCUT2D eigenvalue weighted by atomic mass is 16.6. The van der Waals surface area contributed by atoms with Crippen LogP contribution in [0.2, 0.25) is 0 Å². The first-order valence-electron chi connectivity index (χ1n) is 7.27. The van der Waals surface area contributed by atoms with Crippen molar-refractivity contribution in [3.05, 3.63) is 29.8 Å². The van der Waals surface area contributed by atoms with Crippen molar-refractivity contribution in [3.8, 4) is 5.75 Å². The molecule has 116 valence electrons. The first-order chi connectivity index (χ1) is 10.6. The van der Waals surface area contributed by atoms with Crippen molar-refractivity contribution >= 4 is 11.9 Å². The molecule has 0 saturated carbocycles. The zero-order chi connectivity index (χ0) is 15.3. The number of carbonyl (C=O) groups excluding carboxylic acids is 2. The third kappa shape index (κ3) is 2.42. The van der Waals surface area contributed by atoms with Crippen molar-refractivity contribution in [2.75, 3.05) is 26.3 Å². The second-order valence-corrected chi connectivity index (χ2v) is 5.79. The molecule has 3 unspecified atom stereocenters. The lowest BCUT2D eigenvalue weighted by molar-refractivity contribution is -0.128. The molecule has 1 aromatic rings. The van der Waals surface area contributed by atoms with Crippen molar-refractivity contribution in [1.82, 2.24) is 9.80 Å². The van der Waals surface area contributed by atoms with Gasteiger partial charge in [-0.1, -0.05) is 12.1 Å². The number of carbonyl (C=O) groups is 2. The average molecular weight is 304 g/mol. The van der Waals surface area contributed by atoms with Crippen molar-refractivity contribution in [2.24, 2.45) is 0 Å². The monoisotopic (exact) mass is 304 g/mol. The molecule has 0 radical (unpaired) electrons. The number of aromatic hydroxyl groups is 1. The topological polar surface area (TPSA) is 85.9 Å². The van der Waals surface area contributed by atoms with E-state index < -0.39 is 6.04 Å². The van der Waals surface area contributed by atoms with E-state index in [1.165, 1.54) is 17.0 Å². The molecule has 3 amide bonds. The molecule has 3 heterocycles. The van der Waals surface area contributed by atoms with Crippen LogP contribution in [0, 0.1) is 0 Å². The Balaban J connectivity index is 1.63. The van der Waals surface area contributed by atoms with E-state index in [1.54, 1.807) is 17.0 Å². The summed E-state index contributed by atoms with van der Waals surface area (Å²) in [5.74, 6) is -0.118. The molecule has 3 aliphatic heterocycles. The lowest BCUT2D eigenvalue weighted by atomic mass is 10.1. The molecule has 3 aliphatic rings. The van der Waals surface area contributed by atoms with E-state index in [2.05, 4.69) is 0 Å². The highest BCUT2D eigenvalue weighted by molar-refractivity contribution is 6.04. The molecule has 0 spiro atoms. The van der Waals surface area contributed by atoms with Gasteiger partial charge in [0.15, 0.2) is 0 Å². The number of ether oxygens (including phenoxy) is 2. The van der Waals surface area contributed by atoms with Crippen LogP contribution in [0.4, 0.5) is 4.79 Å². The maximum Gasteiger partial charge on any atom is 0.327 e. The number of amides is 3. The molecule has 4 rings (SSSR count). The fourth-order valence-corrected chi connectivity index (χ4v) is 2.74. The van der Waals surface area contributed by atoms with Gasteiger partial charge in [0.25, 0.3) is 5.91 Å². The number of phenols is 1. The van der Waals surface area contributed by atoms with Crippen LogP contribution in [0.1, 0.15) is 11.6 Å². The van der Waals surface area contributed by atoms with Gasteiger partial charge in [-0.3, -0.25) is 9.69 Å². The van der Waals surface area contributed by atoms with Crippen LogP contribution < -0.4 is 0 Å². The SMILES string of the molecule is O=C1C(c2ccc(O)cc2)N(CC2CO2)C(=O)N1CC1CO1. The summed E-state index contributed by atoms with van der Waals surface area (Å²) in [5.41, 5.74) is 0.691. The van der Waals surface area contributed by atoms with Gasteiger partial charge in [0, 0.05) is 0 Å². The van der Waals surface area contributed by atoms with Crippen LogP contribution >= 0.6 is 0 Å². The van der Waals surface area contributed by atoms with Crippen molar-refractivity contribution in [3.63, 3.8) is 0 Å². The van der Waals surface area contributed by atoms with E-state index in [0.717, 1.165) is 0 Å². The van der Waals surface area contributed by atoms with Crippen LogP contribution in [-0.4, -0.2) is 65.4 Å². The zero-order valence-electron chi connectivity index (χ0n) is 11.8. The van der Waals surface area contributed by atoms with Gasteiger partial charge in [-0.2, -0.15) is 0 Å². The lowest BCUT2D eigenvalue weighted by Crippen LogP contribution is -2.37. The van der Waals surface area contributed by atoms with Crippen LogP contribution in [-0.2, 0) is 14.3 Å². The molecule has 3 atom stereocenters. The highest BCUT2D eigenvalue weighted by Gasteiger charge is 2.49. The lowest BCUT2D eigenvalue weighted by Gasteiger charge is -2.21. The number of imide groups is 1. The fourth-order valence-electron chi connectivity index (χ4n) is 2.74. The largest absolute Gasteiger partial charge is 0.508 e. The maximum absolute atomic E-state index is 12.7. The van der Waals surface area contributed by atoms with E-state index >= 15 is 0 Å². The Bertz CT molecular complexity index is 609. The molecule has 0 aliphatic carbocycles. The highest BCUT2D eigenvalue weighted by Crippen LogP contribution is 2.34. The Morgan fingerprint density at radius 1 is 1.05 bits per heavy atom. The normalized spacial score (nSPS) is 30.1. The average Bonchev–Trinajstić information content (AvgIpc) is 3.39. The number of nitrogens with zero attached hydrogens (tertiary/aromatic N) is 2. The van der Waals surface area contributed by atoms with Gasteiger partial charge in [0.2, 0.25) is 0 Å². The molecule has 22 heavy (non-hydrogen) atoms. The first kappa shape index (κ1) is 13.5. The van der Waals surface area contributed by atoms with Crippen LogP contribution in [0.3, 0.4) is 0 Å². The number of rotatable bonds is 5. The zero-order valence-corrected chi connectivity index (χ0v) is 11.8. The summed E-state index contributed by atoms with van der Waals surface area (Å²) >= 11 is 0. The minimum absolute atomic E-state index is 0.00786. The Morgan fingerprint density at radius 2 is 1.64 bits per heavy atom. The van der Waals surface area contributed by atoms with E-state index in [9.17, 15) is 14.7 Å². The molecule has 1 N–H and O–H groups in total. The van der Waals surface area contributed by atoms with Gasteiger partial charge in [-0.25, -0.2) is 4.79 Å². The first-order valence-corrected chi connectivity index (χ1v) is 7.27. The van der Waals surface area contributed by atoms with Gasteiger partial charge in [0.1, 0.15) is 11.8 Å². The standard InChI is InChI=1S/C15H16N2O5/c18-10-3-1-9(2-4-10)13-14(19)17(6-12-8-22-12)15(20)16(13)5-11-7-21-11/h1-4,11-13,18H,5-8H2. The molecular weight excluding hydrogens is 288 g/mol. The van der Waals surface area contributed by atoms with Crippen LogP contribution in [0.25, 0.3) is 0 Å². The number of phenolic OH excluding ortho intramolecular Hbond substituents is 1. The quantitative estimate of drug-likeness (QED) is 0.632. The van der Waals surface area contributed by atoms with Crippen molar-refractivity contribution in [2.45, 2.75) is 18.2 Å².